The molecule has 1 saturated carbocycles. The second kappa shape index (κ2) is 4.05. The normalized spacial score (nSPS) is 32.0. The minimum atomic E-state index is -3.38. The standard InChI is InChI=1S/C13H17NO3S/c1-9-2-4-11(5-3-9)18(16,17)14-7-10-6-13(15)12(10)8-14/h2-5,10,12-13,15H,6-8H2,1H3/t10-,12-,13+/m0/s1. The lowest BCUT2D eigenvalue weighted by molar-refractivity contribution is -0.00416. The van der Waals surface area contributed by atoms with Crippen LogP contribution in [0.3, 0.4) is 0 Å². The molecule has 2 fully saturated rings. The minimum absolute atomic E-state index is 0.144. The first-order valence-corrected chi connectivity index (χ1v) is 7.67. The van der Waals surface area contributed by atoms with Gasteiger partial charge in [0.15, 0.2) is 0 Å². The Kier molecular flexibility index (Phi) is 2.73. The van der Waals surface area contributed by atoms with Gasteiger partial charge in [-0.1, -0.05) is 17.7 Å². The van der Waals surface area contributed by atoms with Gasteiger partial charge < -0.3 is 5.11 Å². The molecule has 0 unspecified atom stereocenters. The number of benzene rings is 1. The second-order valence-corrected chi connectivity index (χ2v) is 7.30. The van der Waals surface area contributed by atoms with Crippen molar-refractivity contribution in [2.75, 3.05) is 13.1 Å². The van der Waals surface area contributed by atoms with Gasteiger partial charge in [0.1, 0.15) is 0 Å². The zero-order chi connectivity index (χ0) is 12.9. The molecule has 5 heteroatoms. The fourth-order valence-electron chi connectivity index (χ4n) is 2.89. The van der Waals surface area contributed by atoms with Gasteiger partial charge in [0, 0.05) is 19.0 Å². The maximum Gasteiger partial charge on any atom is 0.243 e. The third-order valence-corrected chi connectivity index (χ3v) is 6.00. The van der Waals surface area contributed by atoms with Crippen LogP contribution in [0.1, 0.15) is 12.0 Å². The monoisotopic (exact) mass is 267 g/mol. The summed E-state index contributed by atoms with van der Waals surface area (Å²) < 4.78 is 26.3. The molecule has 4 nitrogen and oxygen atoms in total. The lowest BCUT2D eigenvalue weighted by atomic mass is 9.74. The van der Waals surface area contributed by atoms with Crippen LogP contribution in [0, 0.1) is 18.8 Å². The second-order valence-electron chi connectivity index (χ2n) is 5.36. The Morgan fingerprint density at radius 1 is 1.22 bits per heavy atom. The molecule has 1 aliphatic heterocycles. The van der Waals surface area contributed by atoms with Crippen LogP contribution in [0.25, 0.3) is 0 Å². The largest absolute Gasteiger partial charge is 0.393 e. The molecule has 0 bridgehead atoms. The molecule has 1 N–H and O–H groups in total. The van der Waals surface area contributed by atoms with Gasteiger partial charge in [-0.3, -0.25) is 0 Å². The predicted molar refractivity (Wildman–Crippen MR) is 67.5 cm³/mol. The van der Waals surface area contributed by atoms with E-state index >= 15 is 0 Å². The van der Waals surface area contributed by atoms with Crippen LogP contribution in [0.2, 0.25) is 0 Å². The summed E-state index contributed by atoms with van der Waals surface area (Å²) in [4.78, 5) is 0.351. The van der Waals surface area contributed by atoms with E-state index in [0.717, 1.165) is 12.0 Å². The number of nitrogens with zero attached hydrogens (tertiary/aromatic N) is 1. The number of hydrogen-bond donors (Lipinski definition) is 1. The first-order valence-electron chi connectivity index (χ1n) is 6.23. The number of rotatable bonds is 2. The SMILES string of the molecule is Cc1ccc(S(=O)(=O)N2C[C@@H]3C[C@@H](O)[C@H]3C2)cc1. The van der Waals surface area contributed by atoms with Gasteiger partial charge in [-0.05, 0) is 31.4 Å². The average Bonchev–Trinajstić information content (AvgIpc) is 2.67. The van der Waals surface area contributed by atoms with E-state index in [1.165, 1.54) is 4.31 Å². The first kappa shape index (κ1) is 12.1. The van der Waals surface area contributed by atoms with E-state index in [1.54, 1.807) is 12.1 Å². The number of fused-ring (bicyclic) bond motifs is 1. The predicted octanol–water partition coefficient (Wildman–Crippen LogP) is 0.996. The van der Waals surface area contributed by atoms with Crippen molar-refractivity contribution in [2.45, 2.75) is 24.3 Å². The number of sulfonamides is 1. The molecule has 1 aromatic carbocycles. The number of aliphatic hydroxyl groups excluding tert-OH is 1. The molecule has 0 radical (unpaired) electrons. The van der Waals surface area contributed by atoms with E-state index < -0.39 is 10.0 Å². The highest BCUT2D eigenvalue weighted by Gasteiger charge is 2.49. The highest BCUT2D eigenvalue weighted by molar-refractivity contribution is 7.89. The van der Waals surface area contributed by atoms with Crippen molar-refractivity contribution >= 4 is 10.0 Å². The maximum atomic E-state index is 12.4. The Morgan fingerprint density at radius 2 is 1.89 bits per heavy atom. The molecule has 3 rings (SSSR count). The maximum absolute atomic E-state index is 12.4. The topological polar surface area (TPSA) is 57.6 Å². The van der Waals surface area contributed by atoms with Crippen molar-refractivity contribution in [2.24, 2.45) is 11.8 Å². The molecule has 0 amide bonds. The van der Waals surface area contributed by atoms with Gasteiger partial charge in [-0.15, -0.1) is 0 Å². The van der Waals surface area contributed by atoms with E-state index in [4.69, 9.17) is 0 Å². The lowest BCUT2D eigenvalue weighted by Gasteiger charge is -2.34. The molecule has 2 aliphatic rings. The quantitative estimate of drug-likeness (QED) is 0.869. The molecule has 1 aliphatic carbocycles. The van der Waals surface area contributed by atoms with Crippen LogP contribution >= 0.6 is 0 Å². The van der Waals surface area contributed by atoms with E-state index in [1.807, 2.05) is 19.1 Å². The fourth-order valence-corrected chi connectivity index (χ4v) is 4.42. The molecule has 0 aromatic heterocycles. The van der Waals surface area contributed by atoms with Crippen LogP contribution in [0.5, 0.6) is 0 Å². The average molecular weight is 267 g/mol. The Morgan fingerprint density at radius 3 is 2.44 bits per heavy atom. The van der Waals surface area contributed by atoms with Crippen LogP contribution in [-0.4, -0.2) is 37.0 Å². The molecular formula is C13H17NO3S. The Hall–Kier alpha value is -0.910. The molecule has 98 valence electrons. The van der Waals surface area contributed by atoms with Gasteiger partial charge >= 0.3 is 0 Å². The van der Waals surface area contributed by atoms with Crippen molar-refractivity contribution in [1.29, 1.82) is 0 Å². The number of hydrogen-bond acceptors (Lipinski definition) is 3. The van der Waals surface area contributed by atoms with Gasteiger partial charge in [0.2, 0.25) is 10.0 Å². The van der Waals surface area contributed by atoms with Crippen LogP contribution in [-0.2, 0) is 10.0 Å². The fraction of sp³-hybridized carbons (Fsp3) is 0.538. The van der Waals surface area contributed by atoms with E-state index in [9.17, 15) is 13.5 Å². The van der Waals surface area contributed by atoms with Crippen LogP contribution < -0.4 is 0 Å². The first-order chi connectivity index (χ1) is 8.48. The van der Waals surface area contributed by atoms with E-state index in [2.05, 4.69) is 0 Å². The summed E-state index contributed by atoms with van der Waals surface area (Å²) >= 11 is 0. The molecule has 3 atom stereocenters. The van der Waals surface area contributed by atoms with Gasteiger partial charge in [0.25, 0.3) is 0 Å². The Labute approximate surface area is 107 Å². The van der Waals surface area contributed by atoms with Gasteiger partial charge in [-0.2, -0.15) is 4.31 Å². The highest BCUT2D eigenvalue weighted by atomic mass is 32.2. The van der Waals surface area contributed by atoms with E-state index in [-0.39, 0.29) is 12.0 Å². The lowest BCUT2D eigenvalue weighted by Crippen LogP contribution is -2.39. The third kappa shape index (κ3) is 1.77. The van der Waals surface area contributed by atoms with Crippen LogP contribution in [0.15, 0.2) is 29.2 Å². The summed E-state index contributed by atoms with van der Waals surface area (Å²) in [6.45, 7) is 2.95. The third-order valence-electron chi connectivity index (χ3n) is 4.16. The van der Waals surface area contributed by atoms with Crippen molar-refractivity contribution in [1.82, 2.24) is 4.31 Å². The zero-order valence-electron chi connectivity index (χ0n) is 10.3. The van der Waals surface area contributed by atoms with Crippen molar-refractivity contribution in [3.05, 3.63) is 29.8 Å². The van der Waals surface area contributed by atoms with Gasteiger partial charge in [0.05, 0.1) is 11.0 Å². The Balaban J connectivity index is 1.85. The molecule has 0 spiro atoms. The molecule has 1 heterocycles. The molecule has 18 heavy (non-hydrogen) atoms. The Bertz CT molecular complexity index is 552. The van der Waals surface area contributed by atoms with Gasteiger partial charge in [-0.25, -0.2) is 8.42 Å². The number of aliphatic hydroxyl groups is 1. The van der Waals surface area contributed by atoms with Crippen molar-refractivity contribution in [3.8, 4) is 0 Å². The summed E-state index contributed by atoms with van der Waals surface area (Å²) in [7, 11) is -3.38. The number of aryl methyl sites for hydroxylation is 1. The molecule has 1 saturated heterocycles. The summed E-state index contributed by atoms with van der Waals surface area (Å²) in [6.07, 6.45) is 0.429. The van der Waals surface area contributed by atoms with Crippen molar-refractivity contribution < 1.29 is 13.5 Å². The van der Waals surface area contributed by atoms with Crippen molar-refractivity contribution in [3.63, 3.8) is 0 Å². The highest BCUT2D eigenvalue weighted by Crippen LogP contribution is 2.42. The molecular weight excluding hydrogens is 250 g/mol. The summed E-state index contributed by atoms with van der Waals surface area (Å²) in [6, 6.07) is 6.93. The summed E-state index contributed by atoms with van der Waals surface area (Å²) in [5.74, 6) is 0.491. The smallest absolute Gasteiger partial charge is 0.243 e. The van der Waals surface area contributed by atoms with Crippen LogP contribution in [0.4, 0.5) is 0 Å². The zero-order valence-corrected chi connectivity index (χ0v) is 11.1. The summed E-state index contributed by atoms with van der Waals surface area (Å²) in [5.41, 5.74) is 1.05. The minimum Gasteiger partial charge on any atom is -0.393 e. The summed E-state index contributed by atoms with van der Waals surface area (Å²) in [5, 5.41) is 9.59. The molecule has 1 aromatic rings. The van der Waals surface area contributed by atoms with E-state index in [0.29, 0.717) is 23.9 Å².